The van der Waals surface area contributed by atoms with Crippen LogP contribution in [0.4, 0.5) is 5.82 Å². The Morgan fingerprint density at radius 1 is 1.03 bits per heavy atom. The Morgan fingerprint density at radius 2 is 1.74 bits per heavy atom. The Morgan fingerprint density at radius 3 is 2.39 bits per heavy atom. The zero-order valence-electron chi connectivity index (χ0n) is 18.3. The van der Waals surface area contributed by atoms with Gasteiger partial charge < -0.3 is 10.2 Å². The van der Waals surface area contributed by atoms with Gasteiger partial charge in [0, 0.05) is 30.6 Å². The highest BCUT2D eigenvalue weighted by atomic mass is 16.2. The molecule has 0 radical (unpaired) electrons. The van der Waals surface area contributed by atoms with Gasteiger partial charge in [-0.15, -0.1) is 0 Å². The molecule has 2 amide bonds. The number of anilines is 1. The van der Waals surface area contributed by atoms with E-state index < -0.39 is 0 Å². The van der Waals surface area contributed by atoms with Crippen LogP contribution < -0.4 is 5.32 Å². The maximum absolute atomic E-state index is 13.0. The van der Waals surface area contributed by atoms with Crippen molar-refractivity contribution in [3.63, 3.8) is 0 Å². The van der Waals surface area contributed by atoms with Crippen molar-refractivity contribution in [1.82, 2.24) is 14.7 Å². The van der Waals surface area contributed by atoms with Gasteiger partial charge in [-0.3, -0.25) is 9.59 Å². The highest BCUT2D eigenvalue weighted by Gasteiger charge is 2.24. The predicted octanol–water partition coefficient (Wildman–Crippen LogP) is 4.82. The molecule has 1 saturated heterocycles. The highest BCUT2D eigenvalue weighted by Crippen LogP contribution is 2.33. The topological polar surface area (TPSA) is 67.2 Å². The van der Waals surface area contributed by atoms with Crippen molar-refractivity contribution in [3.05, 3.63) is 65.9 Å². The second-order valence-electron chi connectivity index (χ2n) is 8.16. The summed E-state index contributed by atoms with van der Waals surface area (Å²) in [5.74, 6) is 0.534. The van der Waals surface area contributed by atoms with Gasteiger partial charge in [-0.1, -0.05) is 30.3 Å². The predicted molar refractivity (Wildman–Crippen MR) is 122 cm³/mol. The van der Waals surface area contributed by atoms with Crippen molar-refractivity contribution >= 4 is 17.6 Å². The van der Waals surface area contributed by atoms with Crippen LogP contribution in [-0.4, -0.2) is 39.1 Å². The van der Waals surface area contributed by atoms with Gasteiger partial charge in [0.1, 0.15) is 5.82 Å². The van der Waals surface area contributed by atoms with Crippen LogP contribution in [0.3, 0.4) is 0 Å². The first-order valence-corrected chi connectivity index (χ1v) is 10.8. The van der Waals surface area contributed by atoms with Crippen LogP contribution in [0.25, 0.3) is 16.8 Å². The smallest absolute Gasteiger partial charge is 0.254 e. The van der Waals surface area contributed by atoms with E-state index in [2.05, 4.69) is 12.2 Å². The van der Waals surface area contributed by atoms with Crippen molar-refractivity contribution in [2.45, 2.75) is 46.1 Å². The summed E-state index contributed by atoms with van der Waals surface area (Å²) >= 11 is 0. The first kappa shape index (κ1) is 20.8. The molecule has 160 valence electrons. The normalized spacial score (nSPS) is 16.2. The molecule has 3 aromatic rings. The summed E-state index contributed by atoms with van der Waals surface area (Å²) in [6.45, 7) is 6.35. The minimum Gasteiger partial charge on any atom is -0.336 e. The number of piperidine rings is 1. The van der Waals surface area contributed by atoms with Crippen molar-refractivity contribution in [3.8, 4) is 16.8 Å². The molecular formula is C25H28N4O2. The fourth-order valence-corrected chi connectivity index (χ4v) is 4.26. The van der Waals surface area contributed by atoms with E-state index >= 15 is 0 Å². The molecule has 6 heteroatoms. The molecule has 0 unspecified atom stereocenters. The van der Waals surface area contributed by atoms with Crippen molar-refractivity contribution in [1.29, 1.82) is 0 Å². The monoisotopic (exact) mass is 416 g/mol. The Bertz CT molecular complexity index is 1090. The van der Waals surface area contributed by atoms with Gasteiger partial charge in [-0.2, -0.15) is 5.10 Å². The standard InChI is InChI=1S/C25H28N4O2/c1-17-9-7-8-16-28(17)25(31)21-12-14-22(15-13-21)29-24(26-19(3)30)23(18(2)27-29)20-10-5-4-6-11-20/h4-6,10-15,17H,7-9,16H2,1-3H3,(H,26,30)/t17-/m0/s1. The van der Waals surface area contributed by atoms with E-state index in [1.54, 1.807) is 4.68 Å². The molecule has 0 spiro atoms. The van der Waals surface area contributed by atoms with Crippen LogP contribution in [0.5, 0.6) is 0 Å². The number of carbonyl (C=O) groups excluding carboxylic acids is 2. The van der Waals surface area contributed by atoms with E-state index in [1.165, 1.54) is 13.3 Å². The lowest BCUT2D eigenvalue weighted by Gasteiger charge is -2.33. The van der Waals surface area contributed by atoms with Gasteiger partial charge in [-0.25, -0.2) is 4.68 Å². The molecule has 1 aliphatic rings. The average Bonchev–Trinajstić information content (AvgIpc) is 3.09. The highest BCUT2D eigenvalue weighted by molar-refractivity contribution is 5.95. The molecule has 31 heavy (non-hydrogen) atoms. The Labute approximate surface area is 182 Å². The van der Waals surface area contributed by atoms with Crippen LogP contribution in [0, 0.1) is 6.92 Å². The van der Waals surface area contributed by atoms with Crippen LogP contribution in [0.2, 0.25) is 0 Å². The van der Waals surface area contributed by atoms with Crippen LogP contribution in [0.15, 0.2) is 54.6 Å². The Kier molecular flexibility index (Phi) is 5.89. The third-order valence-corrected chi connectivity index (χ3v) is 5.84. The van der Waals surface area contributed by atoms with E-state index in [9.17, 15) is 9.59 Å². The number of rotatable bonds is 4. The van der Waals surface area contributed by atoms with E-state index in [4.69, 9.17) is 5.10 Å². The SMILES string of the molecule is CC(=O)Nc1c(-c2ccccc2)c(C)nn1-c1ccc(C(=O)N2CCCC[C@@H]2C)cc1. The van der Waals surface area contributed by atoms with Gasteiger partial charge in [-0.05, 0) is 62.9 Å². The summed E-state index contributed by atoms with van der Waals surface area (Å²) in [6.07, 6.45) is 3.29. The molecule has 2 aromatic carbocycles. The summed E-state index contributed by atoms with van der Waals surface area (Å²) < 4.78 is 1.73. The number of hydrogen-bond acceptors (Lipinski definition) is 3. The number of likely N-dealkylation sites (tertiary alicyclic amines) is 1. The number of benzene rings is 2. The number of amides is 2. The van der Waals surface area contributed by atoms with Gasteiger partial charge >= 0.3 is 0 Å². The number of nitrogens with zero attached hydrogens (tertiary/aromatic N) is 3. The van der Waals surface area contributed by atoms with Gasteiger partial charge in [0.05, 0.1) is 11.4 Å². The average molecular weight is 417 g/mol. The van der Waals surface area contributed by atoms with Crippen LogP contribution in [0.1, 0.15) is 49.2 Å². The number of aromatic nitrogens is 2. The molecule has 2 heterocycles. The lowest BCUT2D eigenvalue weighted by atomic mass is 10.0. The quantitative estimate of drug-likeness (QED) is 0.663. The van der Waals surface area contributed by atoms with Crippen LogP contribution in [-0.2, 0) is 4.79 Å². The van der Waals surface area contributed by atoms with E-state index in [0.717, 1.165) is 41.9 Å². The lowest BCUT2D eigenvalue weighted by Crippen LogP contribution is -2.42. The zero-order chi connectivity index (χ0) is 22.0. The fraction of sp³-hybridized carbons (Fsp3) is 0.320. The molecule has 1 fully saturated rings. The third kappa shape index (κ3) is 4.24. The molecule has 0 aliphatic carbocycles. The van der Waals surface area contributed by atoms with Gasteiger partial charge in [0.25, 0.3) is 5.91 Å². The van der Waals surface area contributed by atoms with Crippen molar-refractivity contribution in [2.75, 3.05) is 11.9 Å². The molecule has 1 atom stereocenters. The minimum atomic E-state index is -0.163. The summed E-state index contributed by atoms with van der Waals surface area (Å²) in [5, 5.41) is 7.63. The van der Waals surface area contributed by atoms with Crippen molar-refractivity contribution < 1.29 is 9.59 Å². The summed E-state index contributed by atoms with van der Waals surface area (Å²) in [6, 6.07) is 17.6. The molecule has 1 aliphatic heterocycles. The van der Waals surface area contributed by atoms with E-state index in [0.29, 0.717) is 11.4 Å². The van der Waals surface area contributed by atoms with Gasteiger partial charge in [0.2, 0.25) is 5.91 Å². The van der Waals surface area contributed by atoms with E-state index in [1.807, 2.05) is 66.4 Å². The summed E-state index contributed by atoms with van der Waals surface area (Å²) in [4.78, 5) is 26.9. The van der Waals surface area contributed by atoms with Gasteiger partial charge in [0.15, 0.2) is 0 Å². The molecular weight excluding hydrogens is 388 g/mol. The molecule has 1 N–H and O–H groups in total. The second-order valence-corrected chi connectivity index (χ2v) is 8.16. The van der Waals surface area contributed by atoms with Crippen LogP contribution >= 0.6 is 0 Å². The number of carbonyl (C=O) groups is 2. The van der Waals surface area contributed by atoms with Crippen molar-refractivity contribution in [2.24, 2.45) is 0 Å². The van der Waals surface area contributed by atoms with E-state index in [-0.39, 0.29) is 17.9 Å². The number of nitrogens with one attached hydrogen (secondary N) is 1. The molecule has 6 nitrogen and oxygen atoms in total. The Balaban J connectivity index is 1.69. The summed E-state index contributed by atoms with van der Waals surface area (Å²) in [5.41, 5.74) is 4.15. The first-order chi connectivity index (χ1) is 15.0. The number of aryl methyl sites for hydroxylation is 1. The Hall–Kier alpha value is -3.41. The molecule has 1 aromatic heterocycles. The number of hydrogen-bond donors (Lipinski definition) is 1. The first-order valence-electron chi connectivity index (χ1n) is 10.8. The zero-order valence-corrected chi connectivity index (χ0v) is 18.3. The molecule has 0 bridgehead atoms. The second kappa shape index (κ2) is 8.76. The largest absolute Gasteiger partial charge is 0.336 e. The lowest BCUT2D eigenvalue weighted by molar-refractivity contribution is -0.114. The minimum absolute atomic E-state index is 0.0717. The molecule has 0 saturated carbocycles. The third-order valence-electron chi connectivity index (χ3n) is 5.84. The maximum atomic E-state index is 13.0. The fourth-order valence-electron chi connectivity index (χ4n) is 4.26. The molecule has 4 rings (SSSR count). The summed E-state index contributed by atoms with van der Waals surface area (Å²) in [7, 11) is 0. The maximum Gasteiger partial charge on any atom is 0.254 e.